The van der Waals surface area contributed by atoms with Crippen LogP contribution in [0.5, 0.6) is 0 Å². The highest BCUT2D eigenvalue weighted by molar-refractivity contribution is 9.10. The number of benzene rings is 1. The van der Waals surface area contributed by atoms with Crippen molar-refractivity contribution in [3.05, 3.63) is 52.1 Å². The van der Waals surface area contributed by atoms with E-state index in [0.717, 1.165) is 16.0 Å². The second-order valence-electron chi connectivity index (χ2n) is 4.81. The molecule has 1 aromatic carbocycles. The third-order valence-corrected chi connectivity index (χ3v) is 3.80. The van der Waals surface area contributed by atoms with Crippen LogP contribution in [0.4, 0.5) is 11.5 Å². The molecule has 0 spiro atoms. The molecule has 0 unspecified atom stereocenters. The molecule has 5 nitrogen and oxygen atoms in total. The van der Waals surface area contributed by atoms with Gasteiger partial charge in [0.1, 0.15) is 0 Å². The maximum absolute atomic E-state index is 12.1. The van der Waals surface area contributed by atoms with Gasteiger partial charge in [0.15, 0.2) is 6.67 Å². The van der Waals surface area contributed by atoms with E-state index < -0.39 is 11.7 Å². The van der Waals surface area contributed by atoms with E-state index in [1.807, 2.05) is 31.2 Å². The van der Waals surface area contributed by atoms with Crippen LogP contribution in [0, 0.1) is 6.92 Å². The summed E-state index contributed by atoms with van der Waals surface area (Å²) in [4.78, 5) is 28.6. The summed E-state index contributed by atoms with van der Waals surface area (Å²) in [5.41, 5.74) is 2.07. The van der Waals surface area contributed by atoms with Gasteiger partial charge in [-0.1, -0.05) is 22.0 Å². The van der Waals surface area contributed by atoms with Crippen molar-refractivity contribution in [1.82, 2.24) is 0 Å². The molecule has 1 aliphatic heterocycles. The molecule has 1 aromatic heterocycles. The Morgan fingerprint density at radius 1 is 1.24 bits per heavy atom. The molecule has 0 saturated heterocycles. The van der Waals surface area contributed by atoms with Gasteiger partial charge in [-0.3, -0.25) is 19.8 Å². The Bertz CT molecular complexity index is 745. The first-order valence-electron chi connectivity index (χ1n) is 6.45. The minimum atomic E-state index is -0.511. The van der Waals surface area contributed by atoms with Crippen molar-refractivity contribution in [1.29, 1.82) is 0 Å². The highest BCUT2D eigenvalue weighted by atomic mass is 79.9. The number of rotatable bonds is 3. The minimum absolute atomic E-state index is 0.235. The summed E-state index contributed by atoms with van der Waals surface area (Å²) in [5, 5.41) is 3.12. The third kappa shape index (κ3) is 2.54. The molecule has 106 valence electrons. The number of aromatic amines is 1. The standard InChI is InChI=1S/C15H12BrN3O2/c1-9-3-2-4-13(18-9)17-8-19-12-6-5-10(16)7-11(12)14(20)15(19)21/h2-7H,8H2,1H3,(H,17,18)/p+1. The first-order valence-corrected chi connectivity index (χ1v) is 7.24. The number of H-pyrrole nitrogens is 1. The van der Waals surface area contributed by atoms with E-state index in [9.17, 15) is 9.59 Å². The molecule has 2 N–H and O–H groups in total. The molecule has 1 aliphatic rings. The zero-order chi connectivity index (χ0) is 15.0. The molecule has 0 bridgehead atoms. The van der Waals surface area contributed by atoms with Gasteiger partial charge in [0.25, 0.3) is 11.6 Å². The number of hydrogen-bond acceptors (Lipinski definition) is 3. The van der Waals surface area contributed by atoms with E-state index in [2.05, 4.69) is 26.2 Å². The fourth-order valence-electron chi connectivity index (χ4n) is 2.28. The fraction of sp³-hybridized carbons (Fsp3) is 0.133. The van der Waals surface area contributed by atoms with Gasteiger partial charge in [0, 0.05) is 10.5 Å². The monoisotopic (exact) mass is 346 g/mol. The van der Waals surface area contributed by atoms with Crippen LogP contribution in [0.1, 0.15) is 16.1 Å². The largest absolute Gasteiger partial charge is 0.302 e. The quantitative estimate of drug-likeness (QED) is 0.866. The van der Waals surface area contributed by atoms with Crippen molar-refractivity contribution in [3.8, 4) is 0 Å². The Morgan fingerprint density at radius 2 is 2.05 bits per heavy atom. The molecule has 0 saturated carbocycles. The van der Waals surface area contributed by atoms with E-state index in [-0.39, 0.29) is 6.67 Å². The summed E-state index contributed by atoms with van der Waals surface area (Å²) >= 11 is 3.31. The molecule has 3 rings (SSSR count). The minimum Gasteiger partial charge on any atom is -0.283 e. The summed E-state index contributed by atoms with van der Waals surface area (Å²) in [6.07, 6.45) is 0. The van der Waals surface area contributed by atoms with Gasteiger partial charge in [-0.15, -0.1) is 0 Å². The van der Waals surface area contributed by atoms with Crippen LogP contribution < -0.4 is 15.2 Å². The summed E-state index contributed by atoms with van der Waals surface area (Å²) in [5.74, 6) is -0.189. The van der Waals surface area contributed by atoms with E-state index in [4.69, 9.17) is 0 Å². The Kier molecular flexibility index (Phi) is 3.47. The SMILES string of the molecule is Cc1cccc(NCN2C(=O)C(=O)c3cc(Br)ccc32)[nH+]1. The van der Waals surface area contributed by atoms with Gasteiger partial charge < -0.3 is 0 Å². The maximum atomic E-state index is 12.1. The Balaban J connectivity index is 1.84. The first kappa shape index (κ1) is 13.8. The van der Waals surface area contributed by atoms with Gasteiger partial charge in [0.2, 0.25) is 0 Å². The number of amides is 1. The van der Waals surface area contributed by atoms with E-state index in [0.29, 0.717) is 11.3 Å². The maximum Gasteiger partial charge on any atom is 0.302 e. The molecular formula is C15H13BrN3O2+. The number of carbonyl (C=O) groups is 2. The van der Waals surface area contributed by atoms with Crippen LogP contribution >= 0.6 is 15.9 Å². The molecule has 21 heavy (non-hydrogen) atoms. The van der Waals surface area contributed by atoms with E-state index >= 15 is 0 Å². The Labute approximate surface area is 130 Å². The number of fused-ring (bicyclic) bond motifs is 1. The van der Waals surface area contributed by atoms with Crippen LogP contribution in [0.2, 0.25) is 0 Å². The molecular weight excluding hydrogens is 334 g/mol. The number of pyridine rings is 1. The van der Waals surface area contributed by atoms with E-state index in [1.54, 1.807) is 12.1 Å². The zero-order valence-electron chi connectivity index (χ0n) is 11.3. The number of aromatic nitrogens is 1. The van der Waals surface area contributed by atoms with Crippen molar-refractivity contribution in [2.24, 2.45) is 0 Å². The fourth-order valence-corrected chi connectivity index (χ4v) is 2.64. The van der Waals surface area contributed by atoms with Crippen molar-refractivity contribution in [3.63, 3.8) is 0 Å². The van der Waals surface area contributed by atoms with Gasteiger partial charge in [-0.2, -0.15) is 0 Å². The number of carbonyl (C=O) groups excluding carboxylic acids is 2. The Hall–Kier alpha value is -2.21. The van der Waals surface area contributed by atoms with Gasteiger partial charge in [0.05, 0.1) is 16.9 Å². The normalized spacial score (nSPS) is 13.5. The lowest BCUT2D eigenvalue weighted by molar-refractivity contribution is -0.370. The topological polar surface area (TPSA) is 63.6 Å². The third-order valence-electron chi connectivity index (χ3n) is 3.30. The second kappa shape index (κ2) is 5.29. The molecule has 0 fully saturated rings. The van der Waals surface area contributed by atoms with Crippen molar-refractivity contribution in [2.45, 2.75) is 6.92 Å². The molecule has 0 aliphatic carbocycles. The molecule has 2 aromatic rings. The highest BCUT2D eigenvalue weighted by Crippen LogP contribution is 2.31. The summed E-state index contributed by atoms with van der Waals surface area (Å²) in [6.45, 7) is 2.18. The van der Waals surface area contributed by atoms with Crippen molar-refractivity contribution < 1.29 is 14.6 Å². The number of ketones is 1. The van der Waals surface area contributed by atoms with E-state index in [1.165, 1.54) is 4.90 Å². The number of nitrogens with one attached hydrogen (secondary N) is 2. The smallest absolute Gasteiger partial charge is 0.283 e. The van der Waals surface area contributed by atoms with Crippen molar-refractivity contribution >= 4 is 39.1 Å². The highest BCUT2D eigenvalue weighted by Gasteiger charge is 2.36. The van der Waals surface area contributed by atoms with Crippen LogP contribution in [-0.4, -0.2) is 18.4 Å². The number of anilines is 2. The summed E-state index contributed by atoms with van der Waals surface area (Å²) < 4.78 is 0.782. The lowest BCUT2D eigenvalue weighted by Gasteiger charge is -2.14. The average molecular weight is 347 g/mol. The second-order valence-corrected chi connectivity index (χ2v) is 5.72. The Morgan fingerprint density at radius 3 is 2.81 bits per heavy atom. The van der Waals surface area contributed by atoms with Crippen LogP contribution in [0.25, 0.3) is 0 Å². The molecule has 0 radical (unpaired) electrons. The van der Waals surface area contributed by atoms with Crippen LogP contribution in [-0.2, 0) is 4.79 Å². The number of nitrogens with zero attached hydrogens (tertiary/aromatic N) is 1. The van der Waals surface area contributed by atoms with Gasteiger partial charge in [-0.05, 0) is 31.2 Å². The molecule has 0 atom stereocenters. The lowest BCUT2D eigenvalue weighted by atomic mass is 10.1. The number of aryl methyl sites for hydroxylation is 1. The van der Waals surface area contributed by atoms with Crippen LogP contribution in [0.15, 0.2) is 40.9 Å². The summed E-state index contributed by atoms with van der Waals surface area (Å²) in [6, 6.07) is 11.0. The number of Topliss-reactive ketones (excluding diaryl/α,β-unsaturated/α-hetero) is 1. The molecule has 1 amide bonds. The number of halogens is 1. The predicted molar refractivity (Wildman–Crippen MR) is 82.2 cm³/mol. The molecule has 2 heterocycles. The lowest BCUT2D eigenvalue weighted by Crippen LogP contribution is -2.35. The zero-order valence-corrected chi connectivity index (χ0v) is 12.9. The predicted octanol–water partition coefficient (Wildman–Crippen LogP) is 2.17. The first-order chi connectivity index (χ1) is 10.1. The summed E-state index contributed by atoms with van der Waals surface area (Å²) in [7, 11) is 0. The average Bonchev–Trinajstić information content (AvgIpc) is 2.69. The molecule has 6 heteroatoms. The van der Waals surface area contributed by atoms with Gasteiger partial charge >= 0.3 is 5.91 Å². The number of hydrogen-bond donors (Lipinski definition) is 1. The van der Waals surface area contributed by atoms with Gasteiger partial charge in [-0.25, -0.2) is 4.98 Å². The van der Waals surface area contributed by atoms with Crippen molar-refractivity contribution in [2.75, 3.05) is 16.9 Å². The van der Waals surface area contributed by atoms with Crippen LogP contribution in [0.3, 0.4) is 0 Å².